The summed E-state index contributed by atoms with van der Waals surface area (Å²) in [5.74, 6) is 0. The number of benzene rings is 1. The summed E-state index contributed by atoms with van der Waals surface area (Å²) in [6, 6.07) is 5.96. The summed E-state index contributed by atoms with van der Waals surface area (Å²) >= 11 is 0. The van der Waals surface area contributed by atoms with Crippen LogP contribution in [0.5, 0.6) is 0 Å². The van der Waals surface area contributed by atoms with Crippen LogP contribution in [0.15, 0.2) is 18.2 Å². The third-order valence-corrected chi connectivity index (χ3v) is 2.23. The van der Waals surface area contributed by atoms with Gasteiger partial charge < -0.3 is 15.2 Å². The average Bonchev–Trinajstić information content (AvgIpc) is 2.44. The summed E-state index contributed by atoms with van der Waals surface area (Å²) in [6.45, 7) is 2.01. The molecule has 1 aliphatic rings. The lowest BCUT2D eigenvalue weighted by molar-refractivity contribution is 0.0651. The molecule has 4 nitrogen and oxygen atoms in total. The molecule has 1 aliphatic heterocycles. The summed E-state index contributed by atoms with van der Waals surface area (Å²) < 4.78 is 4.64. The fourth-order valence-corrected chi connectivity index (χ4v) is 1.65. The molecule has 1 heterocycles. The first-order valence-corrected chi connectivity index (χ1v) is 4.41. The molecule has 0 saturated carbocycles. The highest BCUT2D eigenvalue weighted by Crippen LogP contribution is 2.26. The van der Waals surface area contributed by atoms with Crippen molar-refractivity contribution in [2.45, 2.75) is 19.6 Å². The molecule has 0 fully saturated rings. The van der Waals surface area contributed by atoms with Gasteiger partial charge in [-0.05, 0) is 18.6 Å². The molecule has 14 heavy (non-hydrogen) atoms. The van der Waals surface area contributed by atoms with Gasteiger partial charge in [0.2, 0.25) is 0 Å². The molecule has 1 aromatic carbocycles. The molecule has 1 atom stereocenters. The highest BCUT2D eigenvalue weighted by atomic mass is 16.7. The van der Waals surface area contributed by atoms with Gasteiger partial charge in [-0.3, -0.25) is 0 Å². The highest BCUT2D eigenvalue weighted by Gasteiger charge is 2.23. The van der Waals surface area contributed by atoms with E-state index in [1.54, 1.807) is 0 Å². The van der Waals surface area contributed by atoms with Crippen molar-refractivity contribution in [3.63, 3.8) is 0 Å². The van der Waals surface area contributed by atoms with Crippen LogP contribution in [-0.4, -0.2) is 17.5 Å². The maximum absolute atomic E-state index is 10.3. The van der Waals surface area contributed by atoms with Gasteiger partial charge in [-0.2, -0.15) is 0 Å². The molecule has 2 rings (SSSR count). The van der Waals surface area contributed by atoms with Crippen molar-refractivity contribution >= 4 is 11.8 Å². The molecule has 0 saturated heterocycles. The van der Waals surface area contributed by atoms with E-state index in [1.165, 1.54) is 5.56 Å². The van der Waals surface area contributed by atoms with Crippen LogP contribution in [0, 0.1) is 6.92 Å². The zero-order valence-corrected chi connectivity index (χ0v) is 7.78. The maximum atomic E-state index is 10.3. The number of hydrogen-bond donors (Lipinski definition) is 2. The van der Waals surface area contributed by atoms with E-state index in [0.29, 0.717) is 6.42 Å². The number of hydrogen-bond acceptors (Lipinski definition) is 3. The number of nitrogens with one attached hydrogen (secondary N) is 1. The molecule has 0 aromatic heterocycles. The van der Waals surface area contributed by atoms with Crippen molar-refractivity contribution in [2.24, 2.45) is 0 Å². The van der Waals surface area contributed by atoms with Crippen molar-refractivity contribution in [2.75, 3.05) is 5.32 Å². The Morgan fingerprint density at radius 2 is 2.43 bits per heavy atom. The lowest BCUT2D eigenvalue weighted by Gasteiger charge is -2.08. The van der Waals surface area contributed by atoms with Crippen molar-refractivity contribution in [3.05, 3.63) is 29.3 Å². The number of anilines is 1. The Labute approximate surface area is 81.5 Å². The molecule has 0 bridgehead atoms. The van der Waals surface area contributed by atoms with Gasteiger partial charge in [0.15, 0.2) is 6.23 Å². The topological polar surface area (TPSA) is 58.6 Å². The number of carboxylic acid groups (broad SMARTS) is 1. The van der Waals surface area contributed by atoms with Crippen LogP contribution in [0.25, 0.3) is 0 Å². The van der Waals surface area contributed by atoms with E-state index in [4.69, 9.17) is 5.11 Å². The minimum atomic E-state index is -1.24. The lowest BCUT2D eigenvalue weighted by Crippen LogP contribution is -2.22. The van der Waals surface area contributed by atoms with Crippen LogP contribution >= 0.6 is 0 Å². The molecular formula is C10H11NO3. The minimum absolute atomic E-state index is 0.440. The summed E-state index contributed by atoms with van der Waals surface area (Å²) in [4.78, 5) is 10.3. The molecule has 0 amide bonds. The van der Waals surface area contributed by atoms with Crippen LogP contribution in [-0.2, 0) is 11.2 Å². The van der Waals surface area contributed by atoms with Gasteiger partial charge in [-0.1, -0.05) is 17.7 Å². The van der Waals surface area contributed by atoms with Crippen molar-refractivity contribution in [1.29, 1.82) is 0 Å². The van der Waals surface area contributed by atoms with Gasteiger partial charge in [0, 0.05) is 12.1 Å². The van der Waals surface area contributed by atoms with Crippen LogP contribution in [0.3, 0.4) is 0 Å². The molecule has 4 heteroatoms. The zero-order chi connectivity index (χ0) is 10.1. The van der Waals surface area contributed by atoms with Gasteiger partial charge >= 0.3 is 6.16 Å². The number of fused-ring (bicyclic) bond motifs is 1. The largest absolute Gasteiger partial charge is 0.507 e. The SMILES string of the molecule is Cc1ccc2c(c1)CC(OC(=O)O)N2. The Morgan fingerprint density at radius 1 is 1.64 bits per heavy atom. The van der Waals surface area contributed by atoms with Crippen LogP contribution in [0.4, 0.5) is 10.5 Å². The fraction of sp³-hybridized carbons (Fsp3) is 0.300. The number of carbonyl (C=O) groups is 1. The third kappa shape index (κ3) is 1.64. The van der Waals surface area contributed by atoms with Gasteiger partial charge in [0.05, 0.1) is 0 Å². The monoisotopic (exact) mass is 193 g/mol. The van der Waals surface area contributed by atoms with Gasteiger partial charge in [-0.15, -0.1) is 0 Å². The Bertz CT molecular complexity index is 376. The Hall–Kier alpha value is -1.71. The molecule has 74 valence electrons. The highest BCUT2D eigenvalue weighted by molar-refractivity contribution is 5.61. The summed E-state index contributed by atoms with van der Waals surface area (Å²) in [7, 11) is 0. The smallest absolute Gasteiger partial charge is 0.450 e. The van der Waals surface area contributed by atoms with E-state index in [9.17, 15) is 4.79 Å². The predicted molar refractivity (Wildman–Crippen MR) is 51.4 cm³/mol. The minimum Gasteiger partial charge on any atom is -0.450 e. The molecule has 1 unspecified atom stereocenters. The second-order valence-corrected chi connectivity index (χ2v) is 3.38. The van der Waals surface area contributed by atoms with E-state index in [2.05, 4.69) is 10.1 Å². The third-order valence-electron chi connectivity index (χ3n) is 2.23. The van der Waals surface area contributed by atoms with E-state index < -0.39 is 12.4 Å². The lowest BCUT2D eigenvalue weighted by atomic mass is 10.1. The molecular weight excluding hydrogens is 182 g/mol. The fourth-order valence-electron chi connectivity index (χ4n) is 1.65. The van der Waals surface area contributed by atoms with Crippen LogP contribution < -0.4 is 5.32 Å². The number of ether oxygens (including phenoxy) is 1. The summed E-state index contributed by atoms with van der Waals surface area (Å²) in [5.41, 5.74) is 3.24. The van der Waals surface area contributed by atoms with Crippen molar-refractivity contribution in [3.8, 4) is 0 Å². The van der Waals surface area contributed by atoms with Gasteiger partial charge in [0.1, 0.15) is 0 Å². The first kappa shape index (κ1) is 8.87. The van der Waals surface area contributed by atoms with E-state index in [1.807, 2.05) is 25.1 Å². The van der Waals surface area contributed by atoms with Gasteiger partial charge in [0.25, 0.3) is 0 Å². The second-order valence-electron chi connectivity index (χ2n) is 3.38. The predicted octanol–water partition coefficient (Wildman–Crippen LogP) is 1.98. The Morgan fingerprint density at radius 3 is 3.14 bits per heavy atom. The van der Waals surface area contributed by atoms with Gasteiger partial charge in [-0.25, -0.2) is 4.79 Å². The normalized spacial score (nSPS) is 18.5. The molecule has 0 spiro atoms. The number of rotatable bonds is 1. The van der Waals surface area contributed by atoms with E-state index in [-0.39, 0.29) is 0 Å². The zero-order valence-electron chi connectivity index (χ0n) is 7.78. The second kappa shape index (κ2) is 3.21. The number of aryl methyl sites for hydroxylation is 1. The molecule has 0 aliphatic carbocycles. The van der Waals surface area contributed by atoms with Crippen molar-refractivity contribution in [1.82, 2.24) is 0 Å². The van der Waals surface area contributed by atoms with E-state index in [0.717, 1.165) is 11.3 Å². The quantitative estimate of drug-likeness (QED) is 0.669. The molecule has 1 aromatic rings. The first-order chi connectivity index (χ1) is 6.65. The standard InChI is InChI=1S/C10H11NO3/c1-6-2-3-8-7(4-6)5-9(11-8)14-10(12)13/h2-4,9,11H,5H2,1H3,(H,12,13). The van der Waals surface area contributed by atoms with Crippen LogP contribution in [0.2, 0.25) is 0 Å². The van der Waals surface area contributed by atoms with Crippen molar-refractivity contribution < 1.29 is 14.6 Å². The maximum Gasteiger partial charge on any atom is 0.507 e. The summed E-state index contributed by atoms with van der Waals surface area (Å²) in [5, 5.41) is 11.4. The molecule has 0 radical (unpaired) electrons. The Balaban J connectivity index is 2.14. The van der Waals surface area contributed by atoms with Crippen LogP contribution in [0.1, 0.15) is 11.1 Å². The molecule has 2 N–H and O–H groups in total. The Kier molecular flexibility index (Phi) is 2.04. The van der Waals surface area contributed by atoms with E-state index >= 15 is 0 Å². The summed E-state index contributed by atoms with van der Waals surface area (Å²) in [6.07, 6.45) is -1.08. The first-order valence-electron chi connectivity index (χ1n) is 4.41. The average molecular weight is 193 g/mol.